The monoisotopic (exact) mass is 889 g/mol. The number of thiol groups is 1. The Hall–Kier alpha value is -5.97. The standard InChI is InChI=1S/C40H59N9O12S/c41-17-3-1-5-27(35(55)47-29(40(60)61)6-2-4-18-42)45-37(57)30(19-23-7-11-25(50)12-8-23)49-38(58)31(20-24-9-13-26(51)14-10-24)48-36(56)28(15-16-34(53)54)46-39(59)32(22-62)44-33(52)21-43/h7-14,27-32,50-51,62H,1-6,15-22,41-43H2,(H,44,52)(H,45,57)(H,46,59)(H,47,55)(H,48,56)(H,49,58)(H,53,54)(H,60,61)/t27-,28-,29-,30-,31-,32-/m0/s1. The number of benzene rings is 2. The Kier molecular flexibility index (Phi) is 23.4. The van der Waals surface area contributed by atoms with Crippen LogP contribution in [-0.4, -0.2) is 129 Å². The van der Waals surface area contributed by atoms with Crippen molar-refractivity contribution in [3.05, 3.63) is 59.7 Å². The second kappa shape index (κ2) is 27.8. The van der Waals surface area contributed by atoms with Crippen LogP contribution < -0.4 is 49.1 Å². The number of amides is 6. The van der Waals surface area contributed by atoms with Crippen LogP contribution in [0.1, 0.15) is 62.5 Å². The van der Waals surface area contributed by atoms with Crippen LogP contribution in [0.5, 0.6) is 11.5 Å². The fraction of sp³-hybridized carbons (Fsp3) is 0.500. The molecule has 22 heteroatoms. The van der Waals surface area contributed by atoms with Gasteiger partial charge in [0, 0.05) is 25.0 Å². The predicted octanol–water partition coefficient (Wildman–Crippen LogP) is -2.11. The van der Waals surface area contributed by atoms with Gasteiger partial charge in [0.05, 0.1) is 6.54 Å². The highest BCUT2D eigenvalue weighted by atomic mass is 32.1. The molecule has 6 amide bonds. The summed E-state index contributed by atoms with van der Waals surface area (Å²) in [5.74, 6) is -8.19. The van der Waals surface area contributed by atoms with E-state index in [-0.39, 0.29) is 49.5 Å². The topological polar surface area (TPSA) is 368 Å². The van der Waals surface area contributed by atoms with Crippen LogP contribution in [0.25, 0.3) is 0 Å². The van der Waals surface area contributed by atoms with E-state index >= 15 is 0 Å². The zero-order valence-electron chi connectivity index (χ0n) is 34.2. The number of carbonyl (C=O) groups excluding carboxylic acids is 6. The van der Waals surface area contributed by atoms with Crippen molar-refractivity contribution in [1.29, 1.82) is 0 Å². The largest absolute Gasteiger partial charge is 0.508 e. The highest BCUT2D eigenvalue weighted by molar-refractivity contribution is 7.80. The van der Waals surface area contributed by atoms with Crippen molar-refractivity contribution in [2.45, 2.75) is 100 Å². The van der Waals surface area contributed by atoms with E-state index in [1.54, 1.807) is 0 Å². The summed E-state index contributed by atoms with van der Waals surface area (Å²) in [6.45, 7) is 0.137. The molecule has 0 saturated carbocycles. The molecule has 0 spiro atoms. The lowest BCUT2D eigenvalue weighted by Crippen LogP contribution is -2.60. The van der Waals surface area contributed by atoms with Gasteiger partial charge in [0.25, 0.3) is 0 Å². The first-order valence-corrected chi connectivity index (χ1v) is 20.7. The molecule has 0 bridgehead atoms. The molecule has 6 atom stereocenters. The van der Waals surface area contributed by atoms with E-state index in [0.29, 0.717) is 43.4 Å². The maximum absolute atomic E-state index is 14.3. The number of unbranched alkanes of at least 4 members (excludes halogenated alkanes) is 2. The lowest BCUT2D eigenvalue weighted by Gasteiger charge is -2.27. The molecule has 0 unspecified atom stereocenters. The van der Waals surface area contributed by atoms with Crippen LogP contribution in [0, 0.1) is 0 Å². The number of aromatic hydroxyl groups is 2. The van der Waals surface area contributed by atoms with Gasteiger partial charge in [0.15, 0.2) is 0 Å². The van der Waals surface area contributed by atoms with Gasteiger partial charge in [-0.05, 0) is 93.4 Å². The van der Waals surface area contributed by atoms with Gasteiger partial charge < -0.3 is 69.5 Å². The van der Waals surface area contributed by atoms with Crippen molar-refractivity contribution in [2.75, 3.05) is 25.4 Å². The molecule has 0 heterocycles. The lowest BCUT2D eigenvalue weighted by atomic mass is 10.0. The minimum Gasteiger partial charge on any atom is -0.508 e. The van der Waals surface area contributed by atoms with E-state index in [1.165, 1.54) is 48.5 Å². The van der Waals surface area contributed by atoms with E-state index in [1.807, 2.05) is 0 Å². The van der Waals surface area contributed by atoms with E-state index < -0.39 is 103 Å². The minimum absolute atomic E-state index is 0.0523. The Balaban J connectivity index is 2.53. The zero-order chi connectivity index (χ0) is 46.2. The van der Waals surface area contributed by atoms with Gasteiger partial charge in [0.2, 0.25) is 35.4 Å². The molecule has 0 aliphatic heterocycles. The van der Waals surface area contributed by atoms with Gasteiger partial charge in [-0.2, -0.15) is 12.6 Å². The Bertz CT molecular complexity index is 1800. The maximum Gasteiger partial charge on any atom is 0.326 e. The lowest BCUT2D eigenvalue weighted by molar-refractivity contribution is -0.142. The number of carboxylic acid groups (broad SMARTS) is 2. The number of nitrogens with two attached hydrogens (primary N) is 3. The number of nitrogens with one attached hydrogen (secondary N) is 6. The molecule has 62 heavy (non-hydrogen) atoms. The number of carboxylic acids is 2. The molecule has 0 saturated heterocycles. The third-order valence-electron chi connectivity index (χ3n) is 9.46. The first-order valence-electron chi connectivity index (χ1n) is 20.0. The third kappa shape index (κ3) is 19.2. The van der Waals surface area contributed by atoms with Crippen LogP contribution in [0.2, 0.25) is 0 Å². The van der Waals surface area contributed by atoms with Crippen LogP contribution >= 0.6 is 12.6 Å². The minimum atomic E-state index is -1.56. The average molecular weight is 890 g/mol. The summed E-state index contributed by atoms with van der Waals surface area (Å²) in [4.78, 5) is 104. The highest BCUT2D eigenvalue weighted by Crippen LogP contribution is 2.15. The first-order chi connectivity index (χ1) is 29.5. The van der Waals surface area contributed by atoms with E-state index in [4.69, 9.17) is 17.2 Å². The fourth-order valence-corrected chi connectivity index (χ4v) is 6.27. The van der Waals surface area contributed by atoms with Crippen molar-refractivity contribution < 1.29 is 58.8 Å². The number of carbonyl (C=O) groups is 8. The fourth-order valence-electron chi connectivity index (χ4n) is 6.01. The maximum atomic E-state index is 14.3. The number of rotatable bonds is 29. The molecule has 0 radical (unpaired) electrons. The normalized spacial score (nSPS) is 13.8. The van der Waals surface area contributed by atoms with Crippen LogP contribution in [-0.2, 0) is 51.2 Å². The van der Waals surface area contributed by atoms with Crippen molar-refractivity contribution >= 4 is 60.0 Å². The Morgan fingerprint density at radius 1 is 0.500 bits per heavy atom. The summed E-state index contributed by atoms with van der Waals surface area (Å²) >= 11 is 4.07. The predicted molar refractivity (Wildman–Crippen MR) is 228 cm³/mol. The second-order valence-electron chi connectivity index (χ2n) is 14.4. The summed E-state index contributed by atoms with van der Waals surface area (Å²) in [6, 6.07) is 2.94. The summed E-state index contributed by atoms with van der Waals surface area (Å²) in [5, 5.41) is 53.9. The Morgan fingerprint density at radius 2 is 0.871 bits per heavy atom. The number of aliphatic carboxylic acids is 2. The van der Waals surface area contributed by atoms with Gasteiger partial charge >= 0.3 is 11.9 Å². The molecular weight excluding hydrogens is 831 g/mol. The van der Waals surface area contributed by atoms with Crippen molar-refractivity contribution in [3.63, 3.8) is 0 Å². The van der Waals surface area contributed by atoms with E-state index in [0.717, 1.165) is 0 Å². The molecule has 2 aromatic carbocycles. The van der Waals surface area contributed by atoms with E-state index in [2.05, 4.69) is 44.5 Å². The van der Waals surface area contributed by atoms with Crippen molar-refractivity contribution in [2.24, 2.45) is 17.2 Å². The molecule has 0 aromatic heterocycles. The molecular formula is C40H59N9O12S. The molecule has 342 valence electrons. The van der Waals surface area contributed by atoms with Gasteiger partial charge in [-0.25, -0.2) is 4.79 Å². The molecule has 0 aliphatic rings. The highest BCUT2D eigenvalue weighted by Gasteiger charge is 2.34. The average Bonchev–Trinajstić information content (AvgIpc) is 3.23. The second-order valence-corrected chi connectivity index (χ2v) is 14.8. The molecule has 0 aliphatic carbocycles. The molecule has 0 fully saturated rings. The number of phenolic OH excluding ortho intramolecular Hbond substituents is 2. The van der Waals surface area contributed by atoms with Crippen molar-refractivity contribution in [3.8, 4) is 11.5 Å². The van der Waals surface area contributed by atoms with E-state index in [9.17, 15) is 58.8 Å². The summed E-state index contributed by atoms with van der Waals surface area (Å²) in [6.07, 6.45) is 0.406. The number of hydrogen-bond acceptors (Lipinski definition) is 14. The molecule has 2 aromatic rings. The molecule has 21 nitrogen and oxygen atoms in total. The van der Waals surface area contributed by atoms with Crippen LogP contribution in [0.15, 0.2) is 48.5 Å². The first kappa shape index (κ1) is 52.2. The van der Waals surface area contributed by atoms with Gasteiger partial charge in [-0.3, -0.25) is 33.6 Å². The summed E-state index contributed by atoms with van der Waals surface area (Å²) < 4.78 is 0. The van der Waals surface area contributed by atoms with Gasteiger partial charge in [0.1, 0.15) is 47.8 Å². The van der Waals surface area contributed by atoms with Gasteiger partial charge in [-0.15, -0.1) is 0 Å². The molecule has 2 rings (SSSR count). The zero-order valence-corrected chi connectivity index (χ0v) is 35.1. The number of hydrogen-bond donors (Lipinski definition) is 14. The third-order valence-corrected chi connectivity index (χ3v) is 9.82. The molecule has 16 N–H and O–H groups in total. The smallest absolute Gasteiger partial charge is 0.326 e. The quantitative estimate of drug-likeness (QED) is 0.0307. The van der Waals surface area contributed by atoms with Crippen LogP contribution in [0.4, 0.5) is 0 Å². The number of phenols is 2. The Labute approximate surface area is 364 Å². The summed E-state index contributed by atoms with van der Waals surface area (Å²) in [7, 11) is 0. The van der Waals surface area contributed by atoms with Crippen molar-refractivity contribution in [1.82, 2.24) is 31.9 Å². The Morgan fingerprint density at radius 3 is 1.26 bits per heavy atom. The van der Waals surface area contributed by atoms with Crippen LogP contribution in [0.3, 0.4) is 0 Å². The SMILES string of the molecule is NCCCC[C@H](NC(=O)[C@H](CCCCN)NC(=O)[C@H](Cc1ccc(O)cc1)NC(=O)[C@H](Cc1ccc(O)cc1)NC(=O)[C@H](CCC(=O)O)NC(=O)[C@H](CS)NC(=O)CN)C(=O)O. The van der Waals surface area contributed by atoms with Gasteiger partial charge in [-0.1, -0.05) is 24.3 Å². The summed E-state index contributed by atoms with van der Waals surface area (Å²) in [5.41, 5.74) is 17.4.